The van der Waals surface area contributed by atoms with Gasteiger partial charge in [-0.3, -0.25) is 0 Å². The summed E-state index contributed by atoms with van der Waals surface area (Å²) in [5.41, 5.74) is 0. The summed E-state index contributed by atoms with van der Waals surface area (Å²) in [4.78, 5) is 2.86. The lowest BCUT2D eigenvalue weighted by molar-refractivity contribution is 0.143. The van der Waals surface area contributed by atoms with Gasteiger partial charge in [-0.25, -0.2) is 13.1 Å². The molecular weight excluding hydrogens is 284 g/mol. The fraction of sp³-hybridized carbons (Fsp3) is 0.625. The minimum Gasteiger partial charge on any atom is -0.300 e. The van der Waals surface area contributed by atoms with Gasteiger partial charge in [-0.15, -0.1) is 0 Å². The van der Waals surface area contributed by atoms with E-state index in [4.69, 9.17) is 0 Å². The molecule has 0 saturated carbocycles. The van der Waals surface area contributed by atoms with E-state index in [-0.39, 0.29) is 0 Å². The summed E-state index contributed by atoms with van der Waals surface area (Å²) in [6, 6.07) is 9.24. The fourth-order valence-corrected chi connectivity index (χ4v) is 4.08. The Bertz CT molecular complexity index is 516. The van der Waals surface area contributed by atoms with Crippen LogP contribution in [0.3, 0.4) is 0 Å². The number of rotatable bonds is 7. The zero-order chi connectivity index (χ0) is 15.1. The van der Waals surface area contributed by atoms with Gasteiger partial charge in [0.2, 0.25) is 10.0 Å². The molecule has 4 nitrogen and oxygen atoms in total. The minimum absolute atomic E-state index is 0.342. The van der Waals surface area contributed by atoms with Gasteiger partial charge < -0.3 is 4.90 Å². The van der Waals surface area contributed by atoms with E-state index in [0.29, 0.717) is 17.5 Å². The van der Waals surface area contributed by atoms with E-state index in [2.05, 4.69) is 16.5 Å². The molecule has 0 aliphatic carbocycles. The Hall–Kier alpha value is -0.910. The maximum Gasteiger partial charge on any atom is 0.240 e. The highest BCUT2D eigenvalue weighted by molar-refractivity contribution is 7.89. The van der Waals surface area contributed by atoms with Crippen molar-refractivity contribution in [1.82, 2.24) is 9.62 Å². The van der Waals surface area contributed by atoms with Crippen molar-refractivity contribution in [2.45, 2.75) is 50.0 Å². The van der Waals surface area contributed by atoms with Crippen molar-refractivity contribution in [2.24, 2.45) is 0 Å². The topological polar surface area (TPSA) is 49.4 Å². The molecule has 1 aromatic carbocycles. The van der Waals surface area contributed by atoms with E-state index >= 15 is 0 Å². The lowest BCUT2D eigenvalue weighted by Gasteiger charge is -2.35. The highest BCUT2D eigenvalue weighted by Gasteiger charge is 2.20. The monoisotopic (exact) mass is 310 g/mol. The third-order valence-corrected chi connectivity index (χ3v) is 5.66. The molecule has 0 spiro atoms. The molecule has 0 unspecified atom stereocenters. The lowest BCUT2D eigenvalue weighted by Crippen LogP contribution is -2.40. The molecular formula is C16H26N2O2S. The third kappa shape index (κ3) is 4.80. The molecule has 118 valence electrons. The number of nitrogens with zero attached hydrogens (tertiary/aromatic N) is 1. The van der Waals surface area contributed by atoms with Gasteiger partial charge in [-0.1, -0.05) is 31.5 Å². The summed E-state index contributed by atoms with van der Waals surface area (Å²) >= 11 is 0. The van der Waals surface area contributed by atoms with Gasteiger partial charge in [0.15, 0.2) is 0 Å². The molecule has 1 aromatic rings. The summed E-state index contributed by atoms with van der Waals surface area (Å²) in [7, 11) is -3.35. The first kappa shape index (κ1) is 16.5. The molecule has 1 saturated heterocycles. The van der Waals surface area contributed by atoms with Crippen LogP contribution in [0.25, 0.3) is 0 Å². The van der Waals surface area contributed by atoms with E-state index in [1.165, 1.54) is 25.7 Å². The standard InChI is InChI=1S/C16H26N2O2S/c1-2-15-9-6-7-13-18(15)14-8-12-17-21(19,20)16-10-4-3-5-11-16/h3-5,10-11,15,17H,2,6-9,12-14H2,1H3/t15-/m1/s1. The SMILES string of the molecule is CC[C@@H]1CCCCN1CCCNS(=O)(=O)c1ccccc1. The number of sulfonamides is 1. The highest BCUT2D eigenvalue weighted by Crippen LogP contribution is 2.19. The number of likely N-dealkylation sites (tertiary alicyclic amines) is 1. The number of nitrogens with one attached hydrogen (secondary N) is 1. The molecule has 0 amide bonds. The molecule has 5 heteroatoms. The van der Waals surface area contributed by atoms with Crippen LogP contribution in [0.15, 0.2) is 35.2 Å². The Morgan fingerprint density at radius 3 is 2.71 bits per heavy atom. The average molecular weight is 310 g/mol. The average Bonchev–Trinajstić information content (AvgIpc) is 2.53. The molecule has 1 heterocycles. The van der Waals surface area contributed by atoms with Crippen LogP contribution in [0.5, 0.6) is 0 Å². The van der Waals surface area contributed by atoms with Gasteiger partial charge >= 0.3 is 0 Å². The van der Waals surface area contributed by atoms with Crippen LogP contribution in [0.4, 0.5) is 0 Å². The zero-order valence-corrected chi connectivity index (χ0v) is 13.6. The minimum atomic E-state index is -3.35. The largest absolute Gasteiger partial charge is 0.300 e. The number of hydrogen-bond donors (Lipinski definition) is 1. The number of piperidine rings is 1. The molecule has 1 N–H and O–H groups in total. The lowest BCUT2D eigenvalue weighted by atomic mass is 10.00. The van der Waals surface area contributed by atoms with Crippen LogP contribution < -0.4 is 4.72 Å². The van der Waals surface area contributed by atoms with Gasteiger partial charge in [0.05, 0.1) is 4.90 Å². The van der Waals surface area contributed by atoms with E-state index < -0.39 is 10.0 Å². The Kier molecular flexibility index (Phi) is 6.21. The van der Waals surface area contributed by atoms with Crippen LogP contribution in [0.1, 0.15) is 39.0 Å². The summed E-state index contributed by atoms with van der Waals surface area (Å²) in [6.07, 6.45) is 5.94. The maximum absolute atomic E-state index is 12.1. The van der Waals surface area contributed by atoms with Gasteiger partial charge in [0, 0.05) is 12.6 Å². The predicted octanol–water partition coefficient (Wildman–Crippen LogP) is 2.62. The zero-order valence-electron chi connectivity index (χ0n) is 12.8. The third-order valence-electron chi connectivity index (χ3n) is 4.19. The second-order valence-corrected chi connectivity index (χ2v) is 7.43. The van der Waals surface area contributed by atoms with Crippen LogP contribution in [0.2, 0.25) is 0 Å². The van der Waals surface area contributed by atoms with Crippen LogP contribution in [0, 0.1) is 0 Å². The van der Waals surface area contributed by atoms with Crippen molar-refractivity contribution in [3.05, 3.63) is 30.3 Å². The molecule has 0 aromatic heterocycles. The smallest absolute Gasteiger partial charge is 0.240 e. The number of benzene rings is 1. The molecule has 2 rings (SSSR count). The second-order valence-electron chi connectivity index (χ2n) is 5.66. The van der Waals surface area contributed by atoms with Gasteiger partial charge in [0.25, 0.3) is 0 Å². The summed E-state index contributed by atoms with van der Waals surface area (Å²) < 4.78 is 26.9. The first-order valence-electron chi connectivity index (χ1n) is 7.92. The molecule has 1 fully saturated rings. The van der Waals surface area contributed by atoms with Crippen LogP contribution in [-0.4, -0.2) is 39.0 Å². The van der Waals surface area contributed by atoms with E-state index in [1.54, 1.807) is 24.3 Å². The molecule has 1 aliphatic heterocycles. The first-order valence-corrected chi connectivity index (χ1v) is 9.40. The second kappa shape index (κ2) is 7.92. The van der Waals surface area contributed by atoms with Crippen molar-refractivity contribution in [1.29, 1.82) is 0 Å². The molecule has 1 atom stereocenters. The normalized spacial score (nSPS) is 20.5. The van der Waals surface area contributed by atoms with Crippen molar-refractivity contribution in [3.8, 4) is 0 Å². The van der Waals surface area contributed by atoms with Gasteiger partial charge in [0.1, 0.15) is 0 Å². The quantitative estimate of drug-likeness (QED) is 0.788. The fourth-order valence-electron chi connectivity index (χ4n) is 2.99. The molecule has 0 radical (unpaired) electrons. The molecule has 1 aliphatic rings. The van der Waals surface area contributed by atoms with E-state index in [0.717, 1.165) is 19.5 Å². The summed E-state index contributed by atoms with van der Waals surface area (Å²) in [5.74, 6) is 0. The maximum atomic E-state index is 12.1. The summed E-state index contributed by atoms with van der Waals surface area (Å²) in [5, 5.41) is 0. The first-order chi connectivity index (χ1) is 10.1. The molecule has 0 bridgehead atoms. The van der Waals surface area contributed by atoms with E-state index in [1.807, 2.05) is 6.07 Å². The predicted molar refractivity (Wildman–Crippen MR) is 85.8 cm³/mol. The van der Waals surface area contributed by atoms with Crippen molar-refractivity contribution in [2.75, 3.05) is 19.6 Å². The van der Waals surface area contributed by atoms with Crippen molar-refractivity contribution in [3.63, 3.8) is 0 Å². The van der Waals surface area contributed by atoms with E-state index in [9.17, 15) is 8.42 Å². The van der Waals surface area contributed by atoms with Crippen LogP contribution in [-0.2, 0) is 10.0 Å². The Morgan fingerprint density at radius 1 is 1.24 bits per heavy atom. The Balaban J connectivity index is 1.76. The van der Waals surface area contributed by atoms with Crippen molar-refractivity contribution >= 4 is 10.0 Å². The highest BCUT2D eigenvalue weighted by atomic mass is 32.2. The number of hydrogen-bond acceptors (Lipinski definition) is 3. The Labute approximate surface area is 128 Å². The van der Waals surface area contributed by atoms with Gasteiger partial charge in [-0.05, 0) is 50.9 Å². The summed E-state index contributed by atoms with van der Waals surface area (Å²) in [6.45, 7) is 4.88. The Morgan fingerprint density at radius 2 is 2.00 bits per heavy atom. The van der Waals surface area contributed by atoms with Crippen LogP contribution >= 0.6 is 0 Å². The van der Waals surface area contributed by atoms with Gasteiger partial charge in [-0.2, -0.15) is 0 Å². The van der Waals surface area contributed by atoms with Crippen molar-refractivity contribution < 1.29 is 8.42 Å². The molecule has 21 heavy (non-hydrogen) atoms.